The highest BCUT2D eigenvalue weighted by molar-refractivity contribution is 5.79. The molecule has 3 unspecified atom stereocenters. The van der Waals surface area contributed by atoms with E-state index in [-0.39, 0.29) is 5.82 Å². The van der Waals surface area contributed by atoms with Crippen LogP contribution in [0.1, 0.15) is 67.2 Å². The molecule has 1 saturated heterocycles. The van der Waals surface area contributed by atoms with Crippen LogP contribution >= 0.6 is 0 Å². The van der Waals surface area contributed by atoms with E-state index in [0.717, 1.165) is 22.4 Å². The number of aryl methyl sites for hydroxylation is 2. The van der Waals surface area contributed by atoms with E-state index >= 15 is 0 Å². The molecule has 2 heterocycles. The Bertz CT molecular complexity index is 1470. The smallest absolute Gasteiger partial charge is 0.138 e. The van der Waals surface area contributed by atoms with E-state index in [9.17, 15) is 4.39 Å². The van der Waals surface area contributed by atoms with Crippen molar-refractivity contribution in [2.24, 2.45) is 5.92 Å². The van der Waals surface area contributed by atoms with Crippen LogP contribution in [0.5, 0.6) is 0 Å². The normalized spacial score (nSPS) is 27.8. The summed E-state index contributed by atoms with van der Waals surface area (Å²) in [6, 6.07) is 21.4. The predicted octanol–water partition coefficient (Wildman–Crippen LogP) is 7.54. The number of aromatic nitrogens is 2. The summed E-state index contributed by atoms with van der Waals surface area (Å²) in [6.45, 7) is 7.21. The Morgan fingerprint density at radius 3 is 2.78 bits per heavy atom. The lowest BCUT2D eigenvalue weighted by atomic mass is 9.67. The van der Waals surface area contributed by atoms with Gasteiger partial charge in [-0.1, -0.05) is 43.3 Å². The van der Waals surface area contributed by atoms with Gasteiger partial charge in [-0.2, -0.15) is 0 Å². The van der Waals surface area contributed by atoms with E-state index in [1.165, 1.54) is 74.9 Å². The van der Waals surface area contributed by atoms with Gasteiger partial charge >= 0.3 is 0 Å². The second-order valence-corrected chi connectivity index (χ2v) is 11.9. The summed E-state index contributed by atoms with van der Waals surface area (Å²) in [5.41, 5.74) is 9.08. The number of aromatic amines is 1. The van der Waals surface area contributed by atoms with E-state index in [1.54, 1.807) is 17.2 Å². The highest BCUT2D eigenvalue weighted by atomic mass is 19.1. The molecule has 4 heteroatoms. The van der Waals surface area contributed by atoms with Crippen LogP contribution in [0.3, 0.4) is 0 Å². The van der Waals surface area contributed by atoms with Crippen molar-refractivity contribution in [1.82, 2.24) is 14.9 Å². The first-order chi connectivity index (χ1) is 18.0. The van der Waals surface area contributed by atoms with Crippen LogP contribution in [-0.4, -0.2) is 34.0 Å². The van der Waals surface area contributed by atoms with Crippen molar-refractivity contribution in [1.29, 1.82) is 0 Å². The van der Waals surface area contributed by atoms with E-state index in [2.05, 4.69) is 71.2 Å². The Balaban J connectivity index is 1.05. The number of nitrogens with zero attached hydrogens (tertiary/aromatic N) is 2. The average Bonchev–Trinajstić information content (AvgIpc) is 3.64. The summed E-state index contributed by atoms with van der Waals surface area (Å²) in [5.74, 6) is 1.91. The molecule has 4 atom stereocenters. The van der Waals surface area contributed by atoms with Gasteiger partial charge in [-0.05, 0) is 110 Å². The second-order valence-electron chi connectivity index (χ2n) is 11.9. The number of fused-ring (bicyclic) bond motifs is 3. The molecule has 1 aromatic heterocycles. The van der Waals surface area contributed by atoms with Crippen LogP contribution in [0.25, 0.3) is 22.4 Å². The minimum atomic E-state index is -0.239. The summed E-state index contributed by atoms with van der Waals surface area (Å²) in [4.78, 5) is 10.8. The first-order valence-electron chi connectivity index (χ1n) is 14.1. The van der Waals surface area contributed by atoms with Crippen LogP contribution in [0.4, 0.5) is 4.39 Å². The Kier molecular flexibility index (Phi) is 5.51. The number of rotatable bonds is 3. The van der Waals surface area contributed by atoms with Crippen LogP contribution in [0.15, 0.2) is 60.7 Å². The lowest BCUT2D eigenvalue weighted by Gasteiger charge is -2.47. The van der Waals surface area contributed by atoms with Gasteiger partial charge in [-0.3, -0.25) is 0 Å². The topological polar surface area (TPSA) is 31.9 Å². The minimum absolute atomic E-state index is 0.239. The zero-order valence-electron chi connectivity index (χ0n) is 21.9. The van der Waals surface area contributed by atoms with Gasteiger partial charge in [-0.15, -0.1) is 0 Å². The number of hydrogen-bond acceptors (Lipinski definition) is 2. The van der Waals surface area contributed by atoms with Crippen LogP contribution in [0, 0.1) is 18.7 Å². The summed E-state index contributed by atoms with van der Waals surface area (Å²) >= 11 is 0. The highest BCUT2D eigenvalue weighted by Gasteiger charge is 2.47. The number of hydrogen-bond donors (Lipinski definition) is 1. The highest BCUT2D eigenvalue weighted by Crippen LogP contribution is 2.50. The largest absolute Gasteiger partial charge is 0.338 e. The molecule has 0 amide bonds. The summed E-state index contributed by atoms with van der Waals surface area (Å²) in [6.07, 6.45) is 7.74. The third kappa shape index (κ3) is 3.84. The van der Waals surface area contributed by atoms with Gasteiger partial charge < -0.3 is 9.88 Å². The molecule has 0 bridgehead atoms. The minimum Gasteiger partial charge on any atom is -0.338 e. The maximum absolute atomic E-state index is 13.6. The van der Waals surface area contributed by atoms with Gasteiger partial charge in [0.25, 0.3) is 0 Å². The van der Waals surface area contributed by atoms with Crippen molar-refractivity contribution < 1.29 is 4.39 Å². The van der Waals surface area contributed by atoms with Gasteiger partial charge in [0.2, 0.25) is 0 Å². The summed E-state index contributed by atoms with van der Waals surface area (Å²) in [7, 11) is 0. The van der Waals surface area contributed by atoms with Crippen molar-refractivity contribution in [2.45, 2.75) is 69.7 Å². The van der Waals surface area contributed by atoms with Crippen LogP contribution in [-0.2, 0) is 11.8 Å². The fourth-order valence-electron chi connectivity index (χ4n) is 8.00. The zero-order valence-corrected chi connectivity index (χ0v) is 21.9. The molecule has 1 aliphatic heterocycles. The molecule has 7 rings (SSSR count). The lowest BCUT2D eigenvalue weighted by Crippen LogP contribution is -2.50. The third-order valence-corrected chi connectivity index (χ3v) is 10.0. The van der Waals surface area contributed by atoms with Gasteiger partial charge in [0.15, 0.2) is 0 Å². The van der Waals surface area contributed by atoms with Crippen LogP contribution in [0.2, 0.25) is 0 Å². The summed E-state index contributed by atoms with van der Waals surface area (Å²) < 4.78 is 13.6. The van der Waals surface area contributed by atoms with E-state index in [4.69, 9.17) is 0 Å². The number of H-pyrrole nitrogens is 1. The summed E-state index contributed by atoms with van der Waals surface area (Å²) in [5, 5.41) is 0. The van der Waals surface area contributed by atoms with Gasteiger partial charge in [0.05, 0.1) is 11.0 Å². The first-order valence-corrected chi connectivity index (χ1v) is 14.1. The lowest BCUT2D eigenvalue weighted by molar-refractivity contribution is 0.0682. The Morgan fingerprint density at radius 1 is 1.03 bits per heavy atom. The van der Waals surface area contributed by atoms with Crippen molar-refractivity contribution in [2.75, 3.05) is 13.1 Å². The maximum Gasteiger partial charge on any atom is 0.138 e. The number of imidazole rings is 1. The molecule has 190 valence electrons. The van der Waals surface area contributed by atoms with Gasteiger partial charge in [-0.25, -0.2) is 9.37 Å². The van der Waals surface area contributed by atoms with Crippen molar-refractivity contribution in [3.05, 3.63) is 88.7 Å². The standard InChI is InChI=1S/C33H36FN3/c1-21-17-25(32-35-30-12-9-26(34)19-31(30)36-32)8-11-28(21)24-7-10-27(18-24)37-16-15-33(22(2)20-37)14-13-23-5-3-4-6-29(23)33/h3-6,8-9,11-12,17,19,22,24,27H,7,10,13-16,18,20H2,1-2H3,(H,35,36)/t22-,24?,27?,33?/m0/s1. The molecule has 37 heavy (non-hydrogen) atoms. The predicted molar refractivity (Wildman–Crippen MR) is 148 cm³/mol. The van der Waals surface area contributed by atoms with Gasteiger partial charge in [0.1, 0.15) is 11.6 Å². The molecule has 1 spiro atoms. The SMILES string of the molecule is Cc1cc(-c2nc3ccc(F)cc3[nH]2)ccc1C1CCC(N2CCC3(CCc4ccccc43)[C@@H](C)C2)C1. The Labute approximate surface area is 219 Å². The molecule has 3 aromatic carbocycles. The molecule has 1 N–H and O–H groups in total. The Hall–Kier alpha value is -2.98. The second kappa shape index (κ2) is 8.80. The quantitative estimate of drug-likeness (QED) is 0.320. The molecule has 2 aliphatic carbocycles. The molecule has 3 nitrogen and oxygen atoms in total. The molecule has 2 fully saturated rings. The fourth-order valence-corrected chi connectivity index (χ4v) is 8.00. The van der Waals surface area contributed by atoms with E-state index < -0.39 is 0 Å². The van der Waals surface area contributed by atoms with Crippen molar-refractivity contribution >= 4 is 11.0 Å². The van der Waals surface area contributed by atoms with Crippen LogP contribution < -0.4 is 0 Å². The number of piperidine rings is 1. The monoisotopic (exact) mass is 493 g/mol. The molecule has 4 aromatic rings. The zero-order chi connectivity index (χ0) is 25.1. The fraction of sp³-hybridized carbons (Fsp3) is 0.424. The molecular weight excluding hydrogens is 457 g/mol. The molecule has 3 aliphatic rings. The number of likely N-dealkylation sites (tertiary alicyclic amines) is 1. The van der Waals surface area contributed by atoms with Crippen molar-refractivity contribution in [3.8, 4) is 11.4 Å². The number of halogens is 1. The maximum atomic E-state index is 13.6. The van der Waals surface area contributed by atoms with E-state index in [1.807, 2.05) is 0 Å². The van der Waals surface area contributed by atoms with Gasteiger partial charge in [0, 0.05) is 23.6 Å². The van der Waals surface area contributed by atoms with Crippen molar-refractivity contribution in [3.63, 3.8) is 0 Å². The van der Waals surface area contributed by atoms with E-state index in [0.29, 0.717) is 23.3 Å². The average molecular weight is 494 g/mol. The molecule has 1 saturated carbocycles. The third-order valence-electron chi connectivity index (χ3n) is 10.0. The first kappa shape index (κ1) is 23.2. The Morgan fingerprint density at radius 2 is 1.92 bits per heavy atom. The number of benzene rings is 3. The molecular formula is C33H36FN3. The number of nitrogens with one attached hydrogen (secondary N) is 1. The molecule has 0 radical (unpaired) electrons.